The maximum absolute atomic E-state index is 13.2. The number of hydrogen-bond donors (Lipinski definition) is 9. The first-order valence-electron chi connectivity index (χ1n) is 12.6. The summed E-state index contributed by atoms with van der Waals surface area (Å²) >= 11 is 0. The van der Waals surface area contributed by atoms with Crippen molar-refractivity contribution < 1.29 is 38.7 Å². The molecule has 0 radical (unpaired) electrons. The van der Waals surface area contributed by atoms with Crippen molar-refractivity contribution in [2.24, 2.45) is 22.9 Å². The molecular formula is C25H34N8O8. The van der Waals surface area contributed by atoms with Crippen LogP contribution < -0.4 is 38.9 Å². The topological polar surface area (TPSA) is 296 Å². The predicted molar refractivity (Wildman–Crippen MR) is 144 cm³/mol. The second kappa shape index (κ2) is 15.0. The Morgan fingerprint density at radius 3 is 1.78 bits per heavy atom. The number of primary amides is 3. The molecular weight excluding hydrogens is 540 g/mol. The van der Waals surface area contributed by atoms with E-state index in [9.17, 15) is 38.7 Å². The summed E-state index contributed by atoms with van der Waals surface area (Å²) in [5, 5.41) is 17.5. The number of aromatic nitrogens is 1. The van der Waals surface area contributed by atoms with Gasteiger partial charge in [-0.25, -0.2) is 4.79 Å². The number of carbonyl (C=O) groups excluding carboxylic acids is 6. The lowest BCUT2D eigenvalue weighted by Gasteiger charge is -2.25. The van der Waals surface area contributed by atoms with E-state index in [1.807, 2.05) is 0 Å². The summed E-state index contributed by atoms with van der Waals surface area (Å²) in [4.78, 5) is 87.5. The SMILES string of the molecule is NC(=O)CCC(NC(=O)C(N)CC(N)=O)C(=O)NC(CCC(N)=O)C(=O)NC(Cc1c[nH]c2ccccc12)C(=O)O. The van der Waals surface area contributed by atoms with E-state index < -0.39 is 72.0 Å². The lowest BCUT2D eigenvalue weighted by atomic mass is 10.0. The highest BCUT2D eigenvalue weighted by Crippen LogP contribution is 2.19. The van der Waals surface area contributed by atoms with Gasteiger partial charge in [-0.05, 0) is 24.5 Å². The third-order valence-corrected chi connectivity index (χ3v) is 6.10. The van der Waals surface area contributed by atoms with Gasteiger partial charge in [-0.3, -0.25) is 28.8 Å². The van der Waals surface area contributed by atoms with Gasteiger partial charge >= 0.3 is 5.97 Å². The van der Waals surface area contributed by atoms with Gasteiger partial charge in [0.2, 0.25) is 35.4 Å². The van der Waals surface area contributed by atoms with E-state index in [0.29, 0.717) is 5.56 Å². The van der Waals surface area contributed by atoms with Crippen LogP contribution in [0.4, 0.5) is 0 Å². The number of aromatic amines is 1. The number of para-hydroxylation sites is 1. The zero-order valence-corrected chi connectivity index (χ0v) is 22.1. The Kier molecular flexibility index (Phi) is 11.8. The minimum Gasteiger partial charge on any atom is -0.480 e. The highest BCUT2D eigenvalue weighted by atomic mass is 16.4. The number of nitrogens with one attached hydrogen (secondary N) is 4. The van der Waals surface area contributed by atoms with Gasteiger partial charge in [-0.2, -0.15) is 0 Å². The third-order valence-electron chi connectivity index (χ3n) is 6.10. The largest absolute Gasteiger partial charge is 0.480 e. The number of fused-ring (bicyclic) bond motifs is 1. The van der Waals surface area contributed by atoms with Crippen LogP contribution in [0.1, 0.15) is 37.7 Å². The summed E-state index contributed by atoms with van der Waals surface area (Å²) in [6.45, 7) is 0. The quantitative estimate of drug-likeness (QED) is 0.0927. The van der Waals surface area contributed by atoms with Crippen molar-refractivity contribution in [3.8, 4) is 0 Å². The van der Waals surface area contributed by atoms with E-state index in [-0.39, 0.29) is 32.1 Å². The van der Waals surface area contributed by atoms with Crippen molar-refractivity contribution in [3.05, 3.63) is 36.0 Å². The van der Waals surface area contributed by atoms with Crippen LogP contribution in [-0.4, -0.2) is 75.7 Å². The number of hydrogen-bond acceptors (Lipinski definition) is 8. The van der Waals surface area contributed by atoms with Gasteiger partial charge < -0.3 is 49.0 Å². The summed E-state index contributed by atoms with van der Waals surface area (Å²) in [6.07, 6.45) is -0.284. The molecule has 16 nitrogen and oxygen atoms in total. The molecule has 1 aromatic heterocycles. The average molecular weight is 575 g/mol. The molecule has 0 aliphatic carbocycles. The number of rotatable bonds is 17. The fourth-order valence-corrected chi connectivity index (χ4v) is 3.96. The molecule has 13 N–H and O–H groups in total. The normalized spacial score (nSPS) is 13.8. The minimum atomic E-state index is -1.45. The molecule has 0 aliphatic heterocycles. The van der Waals surface area contributed by atoms with E-state index in [1.54, 1.807) is 30.5 Å². The molecule has 0 aliphatic rings. The van der Waals surface area contributed by atoms with Crippen LogP contribution in [0.2, 0.25) is 0 Å². The van der Waals surface area contributed by atoms with Crippen molar-refractivity contribution in [1.82, 2.24) is 20.9 Å². The van der Waals surface area contributed by atoms with Crippen LogP contribution in [0.25, 0.3) is 10.9 Å². The number of carboxylic acids is 1. The summed E-state index contributed by atoms with van der Waals surface area (Å²) in [7, 11) is 0. The number of H-pyrrole nitrogens is 1. The Balaban J connectivity index is 2.22. The van der Waals surface area contributed by atoms with Gasteiger partial charge in [0.05, 0.1) is 12.5 Å². The number of amides is 6. The molecule has 2 rings (SSSR count). The van der Waals surface area contributed by atoms with Crippen LogP contribution >= 0.6 is 0 Å². The number of nitrogens with two attached hydrogens (primary N) is 4. The van der Waals surface area contributed by atoms with E-state index in [0.717, 1.165) is 10.9 Å². The number of benzene rings is 1. The van der Waals surface area contributed by atoms with Gasteiger partial charge in [0, 0.05) is 36.4 Å². The van der Waals surface area contributed by atoms with Gasteiger partial charge in [0.1, 0.15) is 18.1 Å². The van der Waals surface area contributed by atoms with Crippen LogP contribution in [0.5, 0.6) is 0 Å². The van der Waals surface area contributed by atoms with E-state index in [1.165, 1.54) is 0 Å². The number of carboxylic acid groups (broad SMARTS) is 1. The first kappa shape index (κ1) is 32.2. The first-order chi connectivity index (χ1) is 19.3. The molecule has 0 fully saturated rings. The first-order valence-corrected chi connectivity index (χ1v) is 12.6. The number of aliphatic carboxylic acids is 1. The lowest BCUT2D eigenvalue weighted by Crippen LogP contribution is -2.57. The van der Waals surface area contributed by atoms with Crippen molar-refractivity contribution >= 4 is 52.3 Å². The van der Waals surface area contributed by atoms with E-state index in [4.69, 9.17) is 22.9 Å². The zero-order valence-electron chi connectivity index (χ0n) is 22.1. The van der Waals surface area contributed by atoms with Gasteiger partial charge in [0.25, 0.3) is 0 Å². The Hall–Kier alpha value is -4.99. The molecule has 41 heavy (non-hydrogen) atoms. The molecule has 0 spiro atoms. The molecule has 1 heterocycles. The molecule has 4 atom stereocenters. The standard InChI is InChI=1S/C25H34N8O8/c26-14(10-21(29)36)22(37)31-16(5-7-19(27)34)23(38)32-17(6-8-20(28)35)24(39)33-18(25(40)41)9-12-11-30-15-4-2-1-3-13(12)15/h1-4,11,14,16-18,30H,5-10,26H2,(H2,27,34)(H2,28,35)(H2,29,36)(H,31,37)(H,32,38)(H,33,39)(H,40,41). The lowest BCUT2D eigenvalue weighted by molar-refractivity contribution is -0.142. The Morgan fingerprint density at radius 2 is 1.27 bits per heavy atom. The smallest absolute Gasteiger partial charge is 0.326 e. The van der Waals surface area contributed by atoms with E-state index in [2.05, 4.69) is 20.9 Å². The van der Waals surface area contributed by atoms with Crippen molar-refractivity contribution in [1.29, 1.82) is 0 Å². The molecule has 0 bridgehead atoms. The van der Waals surface area contributed by atoms with E-state index >= 15 is 0 Å². The average Bonchev–Trinajstić information content (AvgIpc) is 3.30. The van der Waals surface area contributed by atoms with Crippen LogP contribution in [0.3, 0.4) is 0 Å². The Labute approximate surface area is 233 Å². The minimum absolute atomic E-state index is 0.101. The third kappa shape index (κ3) is 10.2. The monoisotopic (exact) mass is 574 g/mol. The highest BCUT2D eigenvalue weighted by molar-refractivity contribution is 5.95. The predicted octanol–water partition coefficient (Wildman–Crippen LogP) is -3.02. The van der Waals surface area contributed by atoms with Crippen molar-refractivity contribution in [2.75, 3.05) is 0 Å². The molecule has 0 saturated heterocycles. The molecule has 2 aromatic rings. The highest BCUT2D eigenvalue weighted by Gasteiger charge is 2.31. The second-order valence-corrected chi connectivity index (χ2v) is 9.37. The molecule has 222 valence electrons. The second-order valence-electron chi connectivity index (χ2n) is 9.37. The summed E-state index contributed by atoms with van der Waals surface area (Å²) < 4.78 is 0. The van der Waals surface area contributed by atoms with Gasteiger partial charge in [-0.1, -0.05) is 18.2 Å². The maximum Gasteiger partial charge on any atom is 0.326 e. The summed E-state index contributed by atoms with van der Waals surface area (Å²) in [5.74, 6) is -6.62. The molecule has 16 heteroatoms. The van der Waals surface area contributed by atoms with Crippen molar-refractivity contribution in [3.63, 3.8) is 0 Å². The van der Waals surface area contributed by atoms with Gasteiger partial charge in [-0.15, -0.1) is 0 Å². The van der Waals surface area contributed by atoms with Gasteiger partial charge in [0.15, 0.2) is 0 Å². The van der Waals surface area contributed by atoms with Crippen LogP contribution in [0.15, 0.2) is 30.5 Å². The molecule has 4 unspecified atom stereocenters. The fraction of sp³-hybridized carbons (Fsp3) is 0.400. The molecule has 1 aromatic carbocycles. The maximum atomic E-state index is 13.2. The number of carbonyl (C=O) groups is 7. The molecule has 0 saturated carbocycles. The summed E-state index contributed by atoms with van der Waals surface area (Å²) in [6, 6.07) is 1.47. The van der Waals surface area contributed by atoms with Crippen LogP contribution in [0, 0.1) is 0 Å². The molecule has 6 amide bonds. The van der Waals surface area contributed by atoms with Crippen LogP contribution in [-0.2, 0) is 40.0 Å². The Bertz CT molecular complexity index is 1310. The summed E-state index contributed by atoms with van der Waals surface area (Å²) in [5.41, 5.74) is 22.4. The fourth-order valence-electron chi connectivity index (χ4n) is 3.96. The van der Waals surface area contributed by atoms with Crippen molar-refractivity contribution in [2.45, 2.75) is 62.7 Å². The zero-order chi connectivity index (χ0) is 30.7. The Morgan fingerprint density at radius 1 is 0.756 bits per heavy atom.